The fraction of sp³-hybridized carbons (Fsp3) is 0.433. The van der Waals surface area contributed by atoms with E-state index in [1.54, 1.807) is 36.7 Å². The maximum atomic E-state index is 14.1. The summed E-state index contributed by atoms with van der Waals surface area (Å²) in [4.78, 5) is 21.9. The lowest BCUT2D eigenvalue weighted by Gasteiger charge is -2.40. The Morgan fingerprint density at radius 3 is 2.40 bits per heavy atom. The first-order chi connectivity index (χ1) is 19.7. The second-order valence-corrected chi connectivity index (χ2v) is 10.7. The van der Waals surface area contributed by atoms with E-state index in [1.807, 2.05) is 13.0 Å². The molecule has 0 amide bonds. The van der Waals surface area contributed by atoms with Crippen molar-refractivity contribution in [3.05, 3.63) is 71.6 Å². The highest BCUT2D eigenvalue weighted by molar-refractivity contribution is 6.00. The number of benzene rings is 2. The van der Waals surface area contributed by atoms with Gasteiger partial charge in [0.1, 0.15) is 11.3 Å². The molecule has 1 aliphatic carbocycles. The predicted octanol–water partition coefficient (Wildman–Crippen LogP) is 7.63. The summed E-state index contributed by atoms with van der Waals surface area (Å²) in [6, 6.07) is 10.2. The molecule has 1 N–H and O–H groups in total. The van der Waals surface area contributed by atoms with Crippen molar-refractivity contribution >= 4 is 22.7 Å². The molecule has 4 rings (SSSR count). The molecular formula is C30H31F6N3O3. The van der Waals surface area contributed by atoms with Gasteiger partial charge in [0, 0.05) is 30.9 Å². The number of carboxylic acid groups (broad SMARTS) is 1. The van der Waals surface area contributed by atoms with Gasteiger partial charge < -0.3 is 14.7 Å². The van der Waals surface area contributed by atoms with E-state index in [1.165, 1.54) is 11.0 Å². The summed E-state index contributed by atoms with van der Waals surface area (Å²) in [5.74, 6) is -3.14. The first kappa shape index (κ1) is 31.1. The first-order valence-electron chi connectivity index (χ1n) is 13.5. The minimum Gasteiger partial charge on any atom is -0.492 e. The molecule has 12 heteroatoms. The third-order valence-corrected chi connectivity index (χ3v) is 7.68. The molecule has 6 nitrogen and oxygen atoms in total. The molecule has 2 aromatic carbocycles. The zero-order chi connectivity index (χ0) is 30.7. The first-order valence-corrected chi connectivity index (χ1v) is 13.5. The quantitative estimate of drug-likeness (QED) is 0.148. The highest BCUT2D eigenvalue weighted by atomic mass is 19.4. The summed E-state index contributed by atoms with van der Waals surface area (Å²) in [5, 5.41) is 11.0. The fourth-order valence-electron chi connectivity index (χ4n) is 5.06. The maximum absolute atomic E-state index is 14.1. The Labute approximate surface area is 239 Å². The normalized spacial score (nSPS) is 19.4. The van der Waals surface area contributed by atoms with Crippen LogP contribution in [0.15, 0.2) is 60.4 Å². The number of carboxylic acids is 1. The fourth-order valence-corrected chi connectivity index (χ4v) is 5.06. The van der Waals surface area contributed by atoms with Crippen LogP contribution in [0, 0.1) is 11.3 Å². The summed E-state index contributed by atoms with van der Waals surface area (Å²) >= 11 is 0. The third-order valence-electron chi connectivity index (χ3n) is 7.68. The van der Waals surface area contributed by atoms with Crippen molar-refractivity contribution in [3.63, 3.8) is 0 Å². The summed E-state index contributed by atoms with van der Waals surface area (Å²) in [5.41, 5.74) is -1.88. The van der Waals surface area contributed by atoms with E-state index in [4.69, 9.17) is 4.74 Å². The molecule has 3 aromatic rings. The van der Waals surface area contributed by atoms with E-state index in [2.05, 4.69) is 9.97 Å². The van der Waals surface area contributed by atoms with Crippen LogP contribution < -0.4 is 9.64 Å². The Morgan fingerprint density at radius 1 is 1.10 bits per heavy atom. The molecule has 0 fully saturated rings. The zero-order valence-electron chi connectivity index (χ0n) is 23.1. The molecule has 2 unspecified atom stereocenters. The van der Waals surface area contributed by atoms with Crippen LogP contribution in [0.2, 0.25) is 0 Å². The smallest absolute Gasteiger partial charge is 0.395 e. The molecule has 226 valence electrons. The molecule has 0 aliphatic heterocycles. The number of ether oxygens (including phenoxy) is 1. The Morgan fingerprint density at radius 2 is 1.79 bits per heavy atom. The third kappa shape index (κ3) is 6.79. The van der Waals surface area contributed by atoms with Crippen LogP contribution in [-0.4, -0.2) is 53.1 Å². The van der Waals surface area contributed by atoms with Gasteiger partial charge >= 0.3 is 18.3 Å². The summed E-state index contributed by atoms with van der Waals surface area (Å²) in [6.45, 7) is 2.52. The van der Waals surface area contributed by atoms with Gasteiger partial charge in [0.2, 0.25) is 5.95 Å². The number of hydrogen-bond donors (Lipinski definition) is 1. The van der Waals surface area contributed by atoms with Crippen molar-refractivity contribution < 1.29 is 41.0 Å². The largest absolute Gasteiger partial charge is 0.492 e. The maximum Gasteiger partial charge on any atom is 0.395 e. The number of aryl methyl sites for hydroxylation is 1. The lowest BCUT2D eigenvalue weighted by atomic mass is 9.70. The molecule has 0 bridgehead atoms. The second kappa shape index (κ2) is 12.2. The average Bonchev–Trinajstić information content (AvgIpc) is 2.94. The molecule has 1 heterocycles. The number of allylic oxidation sites excluding steroid dienone is 1. The van der Waals surface area contributed by atoms with Gasteiger partial charge in [-0.25, -0.2) is 14.8 Å². The van der Waals surface area contributed by atoms with Gasteiger partial charge in [-0.15, -0.1) is 0 Å². The molecule has 0 spiro atoms. The van der Waals surface area contributed by atoms with Crippen molar-refractivity contribution in [1.82, 2.24) is 9.97 Å². The SMILES string of the molecule is CCc1cnc(N(CCCOc2c(C(=O)O)ccc3ccccc23)CC2=CCC(C)(C(F)(F)F)CC2C(F)(F)F)nc1. The number of alkyl halides is 6. The molecule has 2 atom stereocenters. The Bertz CT molecular complexity index is 1440. The molecule has 42 heavy (non-hydrogen) atoms. The number of aromatic nitrogens is 2. The van der Waals surface area contributed by atoms with Gasteiger partial charge in [0.25, 0.3) is 0 Å². The number of hydrogen-bond acceptors (Lipinski definition) is 5. The van der Waals surface area contributed by atoms with E-state index in [0.717, 1.165) is 23.9 Å². The summed E-state index contributed by atoms with van der Waals surface area (Å²) in [6.07, 6.45) is -6.28. The number of nitrogens with zero attached hydrogens (tertiary/aromatic N) is 3. The Hall–Kier alpha value is -3.83. The van der Waals surface area contributed by atoms with Crippen molar-refractivity contribution in [3.8, 4) is 5.75 Å². The van der Waals surface area contributed by atoms with Crippen molar-refractivity contribution in [1.29, 1.82) is 0 Å². The topological polar surface area (TPSA) is 75.6 Å². The van der Waals surface area contributed by atoms with Crippen LogP contribution in [0.4, 0.5) is 32.3 Å². The van der Waals surface area contributed by atoms with Crippen LogP contribution in [0.1, 0.15) is 49.0 Å². The summed E-state index contributed by atoms with van der Waals surface area (Å²) in [7, 11) is 0. The van der Waals surface area contributed by atoms with E-state index in [9.17, 15) is 36.2 Å². The number of fused-ring (bicyclic) bond motifs is 1. The van der Waals surface area contributed by atoms with E-state index >= 15 is 0 Å². The Kier molecular flexibility index (Phi) is 9.03. The monoisotopic (exact) mass is 595 g/mol. The molecule has 0 saturated heterocycles. The zero-order valence-corrected chi connectivity index (χ0v) is 23.1. The highest BCUT2D eigenvalue weighted by Crippen LogP contribution is 2.53. The van der Waals surface area contributed by atoms with Crippen molar-refractivity contribution in [2.45, 2.75) is 51.9 Å². The van der Waals surface area contributed by atoms with E-state index < -0.39 is 42.5 Å². The van der Waals surface area contributed by atoms with Crippen LogP contribution in [0.3, 0.4) is 0 Å². The minimum absolute atomic E-state index is 0.0196. The van der Waals surface area contributed by atoms with Crippen molar-refractivity contribution in [2.24, 2.45) is 11.3 Å². The highest BCUT2D eigenvalue weighted by Gasteiger charge is 2.57. The molecule has 0 saturated carbocycles. The van der Waals surface area contributed by atoms with E-state index in [-0.39, 0.29) is 49.0 Å². The predicted molar refractivity (Wildman–Crippen MR) is 146 cm³/mol. The number of anilines is 1. The van der Waals surface area contributed by atoms with Crippen molar-refractivity contribution in [2.75, 3.05) is 24.6 Å². The number of carbonyl (C=O) groups is 1. The van der Waals surface area contributed by atoms with Gasteiger partial charge in [-0.1, -0.05) is 50.3 Å². The molecule has 1 aromatic heterocycles. The van der Waals surface area contributed by atoms with Crippen LogP contribution in [0.25, 0.3) is 10.8 Å². The van der Waals surface area contributed by atoms with Crippen LogP contribution >= 0.6 is 0 Å². The standard InChI is InChI=1S/C30H31F6N3O3/c1-3-19-16-37-27(38-17-19)39(18-21-11-12-28(2,30(34,35)36)15-24(21)29(31,32)33)13-6-14-42-25-22-8-5-4-7-20(22)9-10-23(25)26(40)41/h4-5,7-11,16-17,24H,3,6,12-15,18H2,1-2H3,(H,40,41). The number of rotatable bonds is 10. The molecule has 0 radical (unpaired) electrons. The van der Waals surface area contributed by atoms with Gasteiger partial charge in [-0.05, 0) is 48.3 Å². The average molecular weight is 596 g/mol. The van der Waals surface area contributed by atoms with Gasteiger partial charge in [0.05, 0.1) is 17.9 Å². The second-order valence-electron chi connectivity index (χ2n) is 10.7. The lowest BCUT2D eigenvalue weighted by Crippen LogP contribution is -2.45. The van der Waals surface area contributed by atoms with Gasteiger partial charge in [0.15, 0.2) is 0 Å². The van der Waals surface area contributed by atoms with Crippen LogP contribution in [-0.2, 0) is 6.42 Å². The van der Waals surface area contributed by atoms with Gasteiger partial charge in [-0.3, -0.25) is 0 Å². The Balaban J connectivity index is 1.57. The molecular weight excluding hydrogens is 564 g/mol. The minimum atomic E-state index is -4.87. The number of halogens is 6. The van der Waals surface area contributed by atoms with Gasteiger partial charge in [-0.2, -0.15) is 26.3 Å². The lowest BCUT2D eigenvalue weighted by molar-refractivity contribution is -0.242. The number of aromatic carboxylic acids is 1. The van der Waals surface area contributed by atoms with E-state index in [0.29, 0.717) is 11.8 Å². The summed E-state index contributed by atoms with van der Waals surface area (Å²) < 4.78 is 89.1. The molecule has 1 aliphatic rings. The van der Waals surface area contributed by atoms with Crippen LogP contribution in [0.5, 0.6) is 5.75 Å².